The summed E-state index contributed by atoms with van der Waals surface area (Å²) in [6, 6.07) is 2.14. The van der Waals surface area contributed by atoms with Gasteiger partial charge in [0.25, 0.3) is 0 Å². The lowest BCUT2D eigenvalue weighted by Crippen LogP contribution is -2.33. The highest BCUT2D eigenvalue weighted by atomic mass is 32.2. The molecule has 1 saturated heterocycles. The molecule has 3 heterocycles. The molecule has 1 aliphatic rings. The normalized spacial score (nSPS) is 16.9. The lowest BCUT2D eigenvalue weighted by atomic mass is 10.3. The molecule has 0 aromatic carbocycles. The maximum Gasteiger partial charge on any atom is 0.141 e. The first kappa shape index (κ1) is 10.4. The van der Waals surface area contributed by atoms with Gasteiger partial charge in [-0.2, -0.15) is 11.8 Å². The van der Waals surface area contributed by atoms with Gasteiger partial charge in [0.05, 0.1) is 5.39 Å². The lowest BCUT2D eigenvalue weighted by Gasteiger charge is -2.28. The molecule has 2 aromatic rings. The molecule has 0 N–H and O–H groups in total. The Kier molecular flexibility index (Phi) is 2.73. The molecule has 16 heavy (non-hydrogen) atoms. The summed E-state index contributed by atoms with van der Waals surface area (Å²) in [7, 11) is 0. The van der Waals surface area contributed by atoms with Gasteiger partial charge in [0.15, 0.2) is 0 Å². The van der Waals surface area contributed by atoms with Gasteiger partial charge in [-0.05, 0) is 18.4 Å². The zero-order valence-electron chi connectivity index (χ0n) is 9.14. The van der Waals surface area contributed by atoms with Crippen LogP contribution >= 0.6 is 23.1 Å². The summed E-state index contributed by atoms with van der Waals surface area (Å²) in [6.07, 6.45) is 0. The number of thioether (sulfide) groups is 1. The monoisotopic (exact) mass is 251 g/mol. The maximum absolute atomic E-state index is 4.61. The average Bonchev–Trinajstić information content (AvgIpc) is 2.77. The Morgan fingerprint density at radius 1 is 1.25 bits per heavy atom. The van der Waals surface area contributed by atoms with Crippen LogP contribution < -0.4 is 4.90 Å². The van der Waals surface area contributed by atoms with Gasteiger partial charge in [0.1, 0.15) is 16.5 Å². The number of aromatic nitrogens is 2. The molecule has 0 saturated carbocycles. The Hall–Kier alpha value is -0.810. The zero-order valence-corrected chi connectivity index (χ0v) is 10.8. The summed E-state index contributed by atoms with van der Waals surface area (Å²) >= 11 is 3.72. The standard InChI is InChI=1S/C11H13N3S2/c1-8-12-10(14-3-6-15-7-4-14)9-2-5-16-11(9)13-8/h2,5H,3-4,6-7H2,1H3. The number of rotatable bonds is 1. The molecule has 1 aliphatic heterocycles. The number of thiophene rings is 1. The minimum absolute atomic E-state index is 0.878. The molecular formula is C11H13N3S2. The summed E-state index contributed by atoms with van der Waals surface area (Å²) in [5, 5.41) is 3.31. The number of fused-ring (bicyclic) bond motifs is 1. The average molecular weight is 251 g/mol. The van der Waals surface area contributed by atoms with Crippen LogP contribution in [0, 0.1) is 6.92 Å². The van der Waals surface area contributed by atoms with Gasteiger partial charge in [-0.3, -0.25) is 0 Å². The van der Waals surface area contributed by atoms with Crippen LogP contribution in [0.15, 0.2) is 11.4 Å². The molecule has 1 fully saturated rings. The Morgan fingerprint density at radius 2 is 2.06 bits per heavy atom. The van der Waals surface area contributed by atoms with Gasteiger partial charge in [0.2, 0.25) is 0 Å². The third kappa shape index (κ3) is 1.78. The van der Waals surface area contributed by atoms with Gasteiger partial charge in [-0.25, -0.2) is 9.97 Å². The smallest absolute Gasteiger partial charge is 0.141 e. The second kappa shape index (κ2) is 4.22. The van der Waals surface area contributed by atoms with Gasteiger partial charge >= 0.3 is 0 Å². The van der Waals surface area contributed by atoms with E-state index < -0.39 is 0 Å². The van der Waals surface area contributed by atoms with Crippen LogP contribution in [0.1, 0.15) is 5.82 Å². The van der Waals surface area contributed by atoms with Crippen LogP contribution in [0.3, 0.4) is 0 Å². The molecule has 3 nitrogen and oxygen atoms in total. The van der Waals surface area contributed by atoms with E-state index in [-0.39, 0.29) is 0 Å². The molecule has 0 radical (unpaired) electrons. The molecule has 0 amide bonds. The van der Waals surface area contributed by atoms with E-state index in [0.29, 0.717) is 0 Å². The summed E-state index contributed by atoms with van der Waals surface area (Å²) in [4.78, 5) is 12.6. The Balaban J connectivity index is 2.09. The van der Waals surface area contributed by atoms with Crippen molar-refractivity contribution in [2.75, 3.05) is 29.5 Å². The Labute approximate surface area is 103 Å². The van der Waals surface area contributed by atoms with Crippen LogP contribution in [0.25, 0.3) is 10.2 Å². The van der Waals surface area contributed by atoms with Crippen molar-refractivity contribution in [3.63, 3.8) is 0 Å². The fourth-order valence-electron chi connectivity index (χ4n) is 1.96. The van der Waals surface area contributed by atoms with Crippen molar-refractivity contribution in [3.8, 4) is 0 Å². The highest BCUT2D eigenvalue weighted by Crippen LogP contribution is 2.29. The first-order chi connectivity index (χ1) is 7.84. The van der Waals surface area contributed by atoms with E-state index in [1.165, 1.54) is 16.9 Å². The molecule has 0 spiro atoms. The van der Waals surface area contributed by atoms with Crippen LogP contribution in [-0.4, -0.2) is 34.6 Å². The predicted octanol–water partition coefficient (Wildman–Crippen LogP) is 2.55. The zero-order chi connectivity index (χ0) is 11.0. The first-order valence-corrected chi connectivity index (χ1v) is 7.42. The van der Waals surface area contributed by atoms with E-state index in [9.17, 15) is 0 Å². The van der Waals surface area contributed by atoms with Crippen molar-refractivity contribution < 1.29 is 0 Å². The highest BCUT2D eigenvalue weighted by molar-refractivity contribution is 7.99. The van der Waals surface area contributed by atoms with E-state index in [1.54, 1.807) is 11.3 Å². The molecule has 5 heteroatoms. The topological polar surface area (TPSA) is 29.0 Å². The minimum atomic E-state index is 0.878. The number of aryl methyl sites for hydroxylation is 1. The first-order valence-electron chi connectivity index (χ1n) is 5.39. The van der Waals surface area contributed by atoms with Gasteiger partial charge in [0, 0.05) is 24.6 Å². The highest BCUT2D eigenvalue weighted by Gasteiger charge is 2.16. The lowest BCUT2D eigenvalue weighted by molar-refractivity contribution is 0.837. The molecule has 2 aromatic heterocycles. The number of anilines is 1. The maximum atomic E-state index is 4.61. The van der Waals surface area contributed by atoms with Gasteiger partial charge in [-0.15, -0.1) is 11.3 Å². The van der Waals surface area contributed by atoms with E-state index in [2.05, 4.69) is 26.3 Å². The van der Waals surface area contributed by atoms with Crippen molar-refractivity contribution in [1.29, 1.82) is 0 Å². The second-order valence-electron chi connectivity index (χ2n) is 3.83. The van der Waals surface area contributed by atoms with Crippen LogP contribution in [0.5, 0.6) is 0 Å². The molecule has 0 unspecified atom stereocenters. The summed E-state index contributed by atoms with van der Waals surface area (Å²) in [6.45, 7) is 4.18. The van der Waals surface area contributed by atoms with Crippen molar-refractivity contribution in [3.05, 3.63) is 17.3 Å². The summed E-state index contributed by atoms with van der Waals surface area (Å²) < 4.78 is 0. The van der Waals surface area contributed by atoms with Gasteiger partial charge < -0.3 is 4.90 Å². The van der Waals surface area contributed by atoms with Crippen LogP contribution in [0.2, 0.25) is 0 Å². The summed E-state index contributed by atoms with van der Waals surface area (Å²) in [5.74, 6) is 4.41. The minimum Gasteiger partial charge on any atom is -0.354 e. The van der Waals surface area contributed by atoms with Gasteiger partial charge in [-0.1, -0.05) is 0 Å². The van der Waals surface area contributed by atoms with E-state index >= 15 is 0 Å². The Morgan fingerprint density at radius 3 is 2.88 bits per heavy atom. The third-order valence-corrected chi connectivity index (χ3v) is 4.48. The molecular weight excluding hydrogens is 238 g/mol. The fourth-order valence-corrected chi connectivity index (χ4v) is 3.67. The number of hydrogen-bond donors (Lipinski definition) is 0. The SMILES string of the molecule is Cc1nc(N2CCSCC2)c2ccsc2n1. The molecule has 84 valence electrons. The van der Waals surface area contributed by atoms with E-state index in [4.69, 9.17) is 0 Å². The number of hydrogen-bond acceptors (Lipinski definition) is 5. The third-order valence-electron chi connectivity index (χ3n) is 2.73. The number of nitrogens with zero attached hydrogens (tertiary/aromatic N) is 3. The quantitative estimate of drug-likeness (QED) is 0.779. The molecule has 0 atom stereocenters. The Bertz CT molecular complexity index is 503. The molecule has 0 aliphatic carbocycles. The van der Waals surface area contributed by atoms with E-state index in [0.717, 1.165) is 29.6 Å². The van der Waals surface area contributed by atoms with Crippen molar-refractivity contribution in [1.82, 2.24) is 9.97 Å². The fraction of sp³-hybridized carbons (Fsp3) is 0.455. The van der Waals surface area contributed by atoms with Crippen molar-refractivity contribution in [2.45, 2.75) is 6.92 Å². The summed E-state index contributed by atoms with van der Waals surface area (Å²) in [5.41, 5.74) is 0. The van der Waals surface area contributed by atoms with E-state index in [1.807, 2.05) is 18.7 Å². The predicted molar refractivity (Wildman–Crippen MR) is 71.7 cm³/mol. The largest absolute Gasteiger partial charge is 0.354 e. The second-order valence-corrected chi connectivity index (χ2v) is 5.95. The van der Waals surface area contributed by atoms with Crippen molar-refractivity contribution in [2.24, 2.45) is 0 Å². The molecule has 0 bridgehead atoms. The van der Waals surface area contributed by atoms with Crippen LogP contribution in [-0.2, 0) is 0 Å². The van der Waals surface area contributed by atoms with Crippen LogP contribution in [0.4, 0.5) is 5.82 Å². The van der Waals surface area contributed by atoms with Crippen molar-refractivity contribution >= 4 is 39.1 Å². The molecule has 3 rings (SSSR count).